The maximum Gasteiger partial charge on any atom is 0.251 e. The third kappa shape index (κ3) is 2.54. The van der Waals surface area contributed by atoms with Crippen LogP contribution in [0.25, 0.3) is 10.9 Å². The molecule has 102 valence electrons. The zero-order valence-electron chi connectivity index (χ0n) is 10.9. The molecule has 0 unspecified atom stereocenters. The van der Waals surface area contributed by atoms with Crippen LogP contribution < -0.4 is 5.32 Å². The van der Waals surface area contributed by atoms with Crippen LogP contribution in [0, 0.1) is 0 Å². The van der Waals surface area contributed by atoms with Crippen molar-refractivity contribution in [2.24, 2.45) is 0 Å². The first-order valence-electron chi connectivity index (χ1n) is 6.53. The van der Waals surface area contributed by atoms with Gasteiger partial charge in [0.1, 0.15) is 0 Å². The highest BCUT2D eigenvalue weighted by Crippen LogP contribution is 2.16. The van der Waals surface area contributed by atoms with Gasteiger partial charge < -0.3 is 10.3 Å². The second kappa shape index (κ2) is 5.56. The van der Waals surface area contributed by atoms with E-state index in [4.69, 9.17) is 0 Å². The van der Waals surface area contributed by atoms with Gasteiger partial charge in [-0.15, -0.1) is 5.10 Å². The summed E-state index contributed by atoms with van der Waals surface area (Å²) in [6.45, 7) is 1.36. The van der Waals surface area contributed by atoms with Crippen molar-refractivity contribution < 1.29 is 4.79 Å². The van der Waals surface area contributed by atoms with Crippen LogP contribution >= 0.6 is 0 Å². The Labute approximate surface area is 115 Å². The van der Waals surface area contributed by atoms with Crippen LogP contribution in [-0.4, -0.2) is 32.4 Å². The lowest BCUT2D eigenvalue weighted by molar-refractivity contribution is 0.0954. The Hall–Kier alpha value is -2.63. The molecule has 0 saturated carbocycles. The van der Waals surface area contributed by atoms with Crippen molar-refractivity contribution in [3.8, 4) is 0 Å². The molecule has 0 aliphatic carbocycles. The molecule has 2 N–H and O–H groups in total. The van der Waals surface area contributed by atoms with Gasteiger partial charge in [-0.05, 0) is 24.6 Å². The summed E-state index contributed by atoms with van der Waals surface area (Å²) >= 11 is 0. The lowest BCUT2D eigenvalue weighted by Gasteiger charge is -2.06. The minimum absolute atomic E-state index is 0.0474. The number of aromatic amines is 1. The number of carbonyl (C=O) groups is 1. The second-order valence-electron chi connectivity index (χ2n) is 4.52. The van der Waals surface area contributed by atoms with E-state index in [1.54, 1.807) is 10.9 Å². The van der Waals surface area contributed by atoms with Gasteiger partial charge in [0.05, 0.1) is 6.20 Å². The fourth-order valence-corrected chi connectivity index (χ4v) is 2.17. The summed E-state index contributed by atoms with van der Waals surface area (Å²) in [5.74, 6) is -0.0474. The molecule has 0 atom stereocenters. The number of carbonyl (C=O) groups excluding carboxylic acids is 1. The van der Waals surface area contributed by atoms with E-state index in [9.17, 15) is 4.79 Å². The highest BCUT2D eigenvalue weighted by atomic mass is 16.1. The number of nitrogens with zero attached hydrogens (tertiary/aromatic N) is 3. The Morgan fingerprint density at radius 1 is 1.35 bits per heavy atom. The van der Waals surface area contributed by atoms with Gasteiger partial charge in [-0.1, -0.05) is 11.3 Å². The standard InChI is InChI=1S/C14H15N5O/c20-14(16-6-2-9-19-10-8-17-18-19)12-3-1-4-13-11(12)5-7-15-13/h1,3-5,7-8,10,15H,2,6,9H2,(H,16,20). The highest BCUT2D eigenvalue weighted by Gasteiger charge is 2.09. The Morgan fingerprint density at radius 3 is 3.15 bits per heavy atom. The minimum atomic E-state index is -0.0474. The quantitative estimate of drug-likeness (QED) is 0.690. The first-order chi connectivity index (χ1) is 9.84. The second-order valence-corrected chi connectivity index (χ2v) is 4.52. The molecule has 0 bridgehead atoms. The van der Waals surface area contributed by atoms with Gasteiger partial charge in [0.25, 0.3) is 5.91 Å². The number of hydrogen-bond donors (Lipinski definition) is 2. The summed E-state index contributed by atoms with van der Waals surface area (Å²) in [5.41, 5.74) is 1.67. The van der Waals surface area contributed by atoms with E-state index in [0.717, 1.165) is 23.9 Å². The molecular formula is C14H15N5O. The molecule has 2 heterocycles. The molecule has 0 aliphatic heterocycles. The first kappa shape index (κ1) is 12.4. The van der Waals surface area contributed by atoms with Gasteiger partial charge in [-0.2, -0.15) is 0 Å². The van der Waals surface area contributed by atoms with Gasteiger partial charge in [0.15, 0.2) is 0 Å². The molecule has 3 aromatic rings. The van der Waals surface area contributed by atoms with Crippen molar-refractivity contribution in [1.82, 2.24) is 25.3 Å². The molecule has 1 amide bonds. The molecule has 2 aromatic heterocycles. The SMILES string of the molecule is O=C(NCCCn1ccnn1)c1cccc2[nH]ccc12. The smallest absolute Gasteiger partial charge is 0.251 e. The number of aryl methyl sites for hydroxylation is 1. The molecule has 6 nitrogen and oxygen atoms in total. The lowest BCUT2D eigenvalue weighted by atomic mass is 10.1. The largest absolute Gasteiger partial charge is 0.361 e. The predicted molar refractivity (Wildman–Crippen MR) is 75.3 cm³/mol. The third-order valence-corrected chi connectivity index (χ3v) is 3.16. The van der Waals surface area contributed by atoms with Crippen LogP contribution in [0.2, 0.25) is 0 Å². The van der Waals surface area contributed by atoms with E-state index in [2.05, 4.69) is 20.6 Å². The minimum Gasteiger partial charge on any atom is -0.361 e. The van der Waals surface area contributed by atoms with Crippen molar-refractivity contribution in [1.29, 1.82) is 0 Å². The molecule has 20 heavy (non-hydrogen) atoms. The number of fused-ring (bicyclic) bond motifs is 1. The number of rotatable bonds is 5. The molecule has 6 heteroatoms. The summed E-state index contributed by atoms with van der Waals surface area (Å²) in [7, 11) is 0. The molecule has 3 rings (SSSR count). The van der Waals surface area contributed by atoms with E-state index in [0.29, 0.717) is 12.1 Å². The fraction of sp³-hybridized carbons (Fsp3) is 0.214. The van der Waals surface area contributed by atoms with Gasteiger partial charge in [-0.25, -0.2) is 0 Å². The zero-order valence-corrected chi connectivity index (χ0v) is 10.9. The zero-order chi connectivity index (χ0) is 13.8. The number of H-pyrrole nitrogens is 1. The molecular weight excluding hydrogens is 254 g/mol. The predicted octanol–water partition coefficient (Wildman–Crippen LogP) is 1.58. The highest BCUT2D eigenvalue weighted by molar-refractivity contribution is 6.06. The van der Waals surface area contributed by atoms with Gasteiger partial charge in [0, 0.05) is 41.9 Å². The van der Waals surface area contributed by atoms with E-state index in [1.165, 1.54) is 0 Å². The van der Waals surface area contributed by atoms with Gasteiger partial charge >= 0.3 is 0 Å². The van der Waals surface area contributed by atoms with Crippen molar-refractivity contribution in [2.75, 3.05) is 6.54 Å². The molecule has 0 spiro atoms. The molecule has 1 aromatic carbocycles. The van der Waals surface area contributed by atoms with Crippen molar-refractivity contribution in [3.63, 3.8) is 0 Å². The Morgan fingerprint density at radius 2 is 2.30 bits per heavy atom. The van der Waals surface area contributed by atoms with E-state index < -0.39 is 0 Å². The summed E-state index contributed by atoms with van der Waals surface area (Å²) in [4.78, 5) is 15.3. The Kier molecular flexibility index (Phi) is 3.45. The normalized spacial score (nSPS) is 10.8. The van der Waals surface area contributed by atoms with E-state index in [-0.39, 0.29) is 5.91 Å². The van der Waals surface area contributed by atoms with Crippen LogP contribution in [0.5, 0.6) is 0 Å². The summed E-state index contributed by atoms with van der Waals surface area (Å²) < 4.78 is 1.75. The average Bonchev–Trinajstić information content (AvgIpc) is 3.13. The van der Waals surface area contributed by atoms with Gasteiger partial charge in [-0.3, -0.25) is 9.48 Å². The van der Waals surface area contributed by atoms with Crippen molar-refractivity contribution >= 4 is 16.8 Å². The Bertz CT molecular complexity index is 701. The third-order valence-electron chi connectivity index (χ3n) is 3.16. The topological polar surface area (TPSA) is 75.6 Å². The van der Waals surface area contributed by atoms with Gasteiger partial charge in [0.2, 0.25) is 0 Å². The number of hydrogen-bond acceptors (Lipinski definition) is 3. The van der Waals surface area contributed by atoms with E-state index in [1.807, 2.05) is 36.7 Å². The Balaban J connectivity index is 1.58. The average molecular weight is 269 g/mol. The number of amides is 1. The molecule has 0 saturated heterocycles. The summed E-state index contributed by atoms with van der Waals surface area (Å²) in [6, 6.07) is 7.59. The maximum atomic E-state index is 12.2. The first-order valence-corrected chi connectivity index (χ1v) is 6.53. The summed E-state index contributed by atoms with van der Waals surface area (Å²) in [6.07, 6.45) is 6.11. The van der Waals surface area contributed by atoms with Crippen LogP contribution in [0.4, 0.5) is 0 Å². The van der Waals surface area contributed by atoms with Crippen LogP contribution in [0.3, 0.4) is 0 Å². The fourth-order valence-electron chi connectivity index (χ4n) is 2.17. The van der Waals surface area contributed by atoms with Crippen molar-refractivity contribution in [2.45, 2.75) is 13.0 Å². The lowest BCUT2D eigenvalue weighted by Crippen LogP contribution is -2.25. The van der Waals surface area contributed by atoms with Crippen LogP contribution in [-0.2, 0) is 6.54 Å². The number of aromatic nitrogens is 4. The monoisotopic (exact) mass is 269 g/mol. The maximum absolute atomic E-state index is 12.2. The molecule has 0 aliphatic rings. The number of benzene rings is 1. The molecule has 0 fully saturated rings. The van der Waals surface area contributed by atoms with E-state index >= 15 is 0 Å². The van der Waals surface area contributed by atoms with Crippen molar-refractivity contribution in [3.05, 3.63) is 48.4 Å². The number of nitrogens with one attached hydrogen (secondary N) is 2. The molecule has 0 radical (unpaired) electrons. The van der Waals surface area contributed by atoms with Crippen LogP contribution in [0.15, 0.2) is 42.9 Å². The van der Waals surface area contributed by atoms with Crippen LogP contribution in [0.1, 0.15) is 16.8 Å². The summed E-state index contributed by atoms with van der Waals surface area (Å²) in [5, 5.41) is 11.5.